The van der Waals surface area contributed by atoms with Gasteiger partial charge >= 0.3 is 9.28 Å². The van der Waals surface area contributed by atoms with Gasteiger partial charge in [0, 0.05) is 24.9 Å². The van der Waals surface area contributed by atoms with Crippen LogP contribution >= 0.6 is 0 Å². The van der Waals surface area contributed by atoms with Gasteiger partial charge in [0.15, 0.2) is 0 Å². The molecule has 4 atom stereocenters. The van der Waals surface area contributed by atoms with Crippen molar-refractivity contribution in [3.63, 3.8) is 0 Å². The molecule has 144 valence electrons. The van der Waals surface area contributed by atoms with Crippen LogP contribution in [0.2, 0.25) is 5.54 Å². The van der Waals surface area contributed by atoms with Crippen molar-refractivity contribution in [2.24, 2.45) is 5.92 Å². The van der Waals surface area contributed by atoms with Gasteiger partial charge in [0.2, 0.25) is 0 Å². The Morgan fingerprint density at radius 2 is 1.54 bits per heavy atom. The first-order valence-corrected chi connectivity index (χ1v) is 11.0. The molecule has 1 aliphatic carbocycles. The zero-order chi connectivity index (χ0) is 18.3. The second-order valence-electron chi connectivity index (χ2n) is 7.72. The van der Waals surface area contributed by atoms with E-state index in [0.717, 1.165) is 19.3 Å². The summed E-state index contributed by atoms with van der Waals surface area (Å²) in [7, 11) is -0.162. The lowest BCUT2D eigenvalue weighted by Crippen LogP contribution is -2.44. The average molecular weight is 363 g/mol. The summed E-state index contributed by atoms with van der Waals surface area (Å²) in [5.41, 5.74) is 0.269. The van der Waals surface area contributed by atoms with Crippen LogP contribution in [-0.4, -0.2) is 58.6 Å². The quantitative estimate of drug-likeness (QED) is 0.605. The highest BCUT2D eigenvalue weighted by Crippen LogP contribution is 2.38. The predicted molar refractivity (Wildman–Crippen MR) is 98.6 cm³/mol. The van der Waals surface area contributed by atoms with Crippen LogP contribution in [0.15, 0.2) is 0 Å². The molecule has 1 fully saturated rings. The molecule has 6 heteroatoms. The van der Waals surface area contributed by atoms with Crippen LogP contribution in [0.3, 0.4) is 0 Å². The summed E-state index contributed by atoms with van der Waals surface area (Å²) >= 11 is 0. The summed E-state index contributed by atoms with van der Waals surface area (Å²) < 4.78 is 23.9. The van der Waals surface area contributed by atoms with Gasteiger partial charge in [-0.05, 0) is 66.7 Å². The molecule has 24 heavy (non-hydrogen) atoms. The molecule has 1 N–H and O–H groups in total. The molecule has 0 aromatic carbocycles. The van der Waals surface area contributed by atoms with Crippen molar-refractivity contribution in [2.45, 2.75) is 96.9 Å². The van der Waals surface area contributed by atoms with E-state index in [4.69, 9.17) is 18.3 Å². The van der Waals surface area contributed by atoms with E-state index in [-0.39, 0.29) is 36.1 Å². The zero-order valence-electron chi connectivity index (χ0n) is 16.5. The average Bonchev–Trinajstić information content (AvgIpc) is 2.45. The number of hydrogen-bond acceptors (Lipinski definition) is 5. The molecule has 0 aliphatic heterocycles. The summed E-state index contributed by atoms with van der Waals surface area (Å²) in [5.74, 6) is 0.409. The maximum absolute atomic E-state index is 10.3. The molecule has 0 spiro atoms. The minimum absolute atomic E-state index is 0.101. The van der Waals surface area contributed by atoms with E-state index in [9.17, 15) is 5.11 Å². The smallest absolute Gasteiger partial charge is 0.327 e. The number of aliphatic hydroxyl groups is 1. The summed E-state index contributed by atoms with van der Waals surface area (Å²) in [6, 6.07) is 0. The topological polar surface area (TPSA) is 57.2 Å². The van der Waals surface area contributed by atoms with Crippen LogP contribution in [0, 0.1) is 5.92 Å². The van der Waals surface area contributed by atoms with Gasteiger partial charge in [-0.25, -0.2) is 0 Å². The Morgan fingerprint density at radius 3 is 2.00 bits per heavy atom. The summed E-state index contributed by atoms with van der Waals surface area (Å²) in [5, 5.41) is 10.3. The third kappa shape index (κ3) is 7.50. The second kappa shape index (κ2) is 10.9. The van der Waals surface area contributed by atoms with Crippen molar-refractivity contribution in [1.82, 2.24) is 0 Å². The highest BCUT2D eigenvalue weighted by molar-refractivity contribution is 6.46. The van der Waals surface area contributed by atoms with Gasteiger partial charge in [-0.1, -0.05) is 0 Å². The van der Waals surface area contributed by atoms with E-state index in [1.54, 1.807) is 7.11 Å². The lowest BCUT2D eigenvalue weighted by molar-refractivity contribution is -0.0970. The summed E-state index contributed by atoms with van der Waals surface area (Å²) in [4.78, 5) is 0. The van der Waals surface area contributed by atoms with Crippen molar-refractivity contribution in [3.05, 3.63) is 0 Å². The molecule has 1 aliphatic rings. The van der Waals surface area contributed by atoms with E-state index in [1.807, 2.05) is 13.8 Å². The van der Waals surface area contributed by atoms with Crippen LogP contribution in [0.1, 0.15) is 60.8 Å². The van der Waals surface area contributed by atoms with Gasteiger partial charge < -0.3 is 23.4 Å². The molecular weight excluding hydrogens is 324 g/mol. The Kier molecular flexibility index (Phi) is 10.0. The van der Waals surface area contributed by atoms with Crippen molar-refractivity contribution in [3.8, 4) is 0 Å². The molecule has 0 aromatic rings. The van der Waals surface area contributed by atoms with Gasteiger partial charge in [0.25, 0.3) is 0 Å². The number of aliphatic hydroxyl groups excluding tert-OH is 1. The third-order valence-corrected chi connectivity index (χ3v) is 7.43. The van der Waals surface area contributed by atoms with Crippen molar-refractivity contribution < 1.29 is 23.4 Å². The van der Waals surface area contributed by atoms with Crippen molar-refractivity contribution >= 4 is 9.28 Å². The first kappa shape index (κ1) is 22.1. The Bertz CT molecular complexity index is 327. The van der Waals surface area contributed by atoms with Gasteiger partial charge in [0.05, 0.1) is 24.9 Å². The first-order chi connectivity index (χ1) is 11.2. The van der Waals surface area contributed by atoms with Crippen molar-refractivity contribution in [2.75, 3.05) is 13.7 Å². The van der Waals surface area contributed by atoms with Crippen LogP contribution in [0.5, 0.6) is 0 Å². The molecule has 0 aromatic heterocycles. The van der Waals surface area contributed by atoms with E-state index in [2.05, 4.69) is 27.7 Å². The Balaban J connectivity index is 2.86. The zero-order valence-corrected chi connectivity index (χ0v) is 17.7. The summed E-state index contributed by atoms with van der Waals surface area (Å²) in [6.07, 6.45) is 2.54. The molecule has 1 saturated carbocycles. The lowest BCUT2D eigenvalue weighted by atomic mass is 9.83. The van der Waals surface area contributed by atoms with Crippen LogP contribution in [-0.2, 0) is 18.3 Å². The second-order valence-corrected chi connectivity index (χ2v) is 9.86. The standard InChI is InChI=1S/C18H38O5Si/c1-12(2)21-17-10-15(8-9-16(17)19)18(11-20-7)24(22-13(3)4)23-14(5)6/h12-19,24H,8-11H2,1-7H3. The first-order valence-electron chi connectivity index (χ1n) is 9.37. The third-order valence-electron chi connectivity index (χ3n) is 4.37. The van der Waals surface area contributed by atoms with Crippen LogP contribution in [0.4, 0.5) is 0 Å². The van der Waals surface area contributed by atoms with Crippen LogP contribution < -0.4 is 0 Å². The monoisotopic (exact) mass is 362 g/mol. The van der Waals surface area contributed by atoms with E-state index in [1.165, 1.54) is 0 Å². The fourth-order valence-electron chi connectivity index (χ4n) is 3.43. The number of hydrogen-bond donors (Lipinski definition) is 1. The molecule has 0 amide bonds. The van der Waals surface area contributed by atoms with Gasteiger partial charge in [-0.3, -0.25) is 0 Å². The van der Waals surface area contributed by atoms with Crippen LogP contribution in [0.25, 0.3) is 0 Å². The Labute approximate surface area is 149 Å². The summed E-state index contributed by atoms with van der Waals surface area (Å²) in [6.45, 7) is 12.9. The highest BCUT2D eigenvalue weighted by Gasteiger charge is 2.40. The fraction of sp³-hybridized carbons (Fsp3) is 1.00. The minimum Gasteiger partial charge on any atom is -0.394 e. The number of methoxy groups -OCH3 is 1. The minimum atomic E-state index is -1.90. The molecule has 0 bridgehead atoms. The van der Waals surface area contributed by atoms with E-state index in [0.29, 0.717) is 12.5 Å². The molecule has 5 nitrogen and oxygen atoms in total. The Hall–Kier alpha value is 0.0169. The lowest BCUT2D eigenvalue weighted by Gasteiger charge is -2.40. The number of ether oxygens (including phenoxy) is 2. The van der Waals surface area contributed by atoms with E-state index >= 15 is 0 Å². The molecule has 1 rings (SSSR count). The molecule has 0 saturated heterocycles. The predicted octanol–water partition coefficient (Wildman–Crippen LogP) is 3.03. The van der Waals surface area contributed by atoms with E-state index < -0.39 is 9.28 Å². The Morgan fingerprint density at radius 1 is 0.958 bits per heavy atom. The molecular formula is C18H38O5Si. The van der Waals surface area contributed by atoms with Crippen molar-refractivity contribution in [1.29, 1.82) is 0 Å². The molecule has 0 heterocycles. The van der Waals surface area contributed by atoms with Gasteiger partial charge in [0.1, 0.15) is 0 Å². The highest BCUT2D eigenvalue weighted by atomic mass is 28.3. The SMILES string of the molecule is COCC(C1CCC(O)C(OC(C)C)C1)[SiH](OC(C)C)OC(C)C. The maximum atomic E-state index is 10.3. The molecule has 4 unspecified atom stereocenters. The van der Waals surface area contributed by atoms with Gasteiger partial charge in [-0.2, -0.15) is 0 Å². The largest absolute Gasteiger partial charge is 0.394 e. The normalized spacial score (nSPS) is 26.8. The number of rotatable bonds is 10. The maximum Gasteiger partial charge on any atom is 0.327 e. The molecule has 0 radical (unpaired) electrons. The fourth-order valence-corrected chi connectivity index (χ4v) is 6.11. The van der Waals surface area contributed by atoms with Gasteiger partial charge in [-0.15, -0.1) is 0 Å².